The number of piperidine rings is 1. The molecule has 6 rings (SSSR count). The maximum atomic E-state index is 15.4. The molecular formula is C26H25FN8O. The van der Waals surface area contributed by atoms with Gasteiger partial charge >= 0.3 is 0 Å². The number of aromatic nitrogens is 6. The summed E-state index contributed by atoms with van der Waals surface area (Å²) in [5.74, 6) is 1.79. The van der Waals surface area contributed by atoms with Gasteiger partial charge in [-0.05, 0) is 50.5 Å². The third kappa shape index (κ3) is 4.04. The number of nitrogens with one attached hydrogen (secondary N) is 1. The normalized spacial score (nSPS) is 13.9. The summed E-state index contributed by atoms with van der Waals surface area (Å²) >= 11 is 0. The van der Waals surface area contributed by atoms with Gasteiger partial charge in [-0.1, -0.05) is 0 Å². The number of hydrogen-bond donors (Lipinski definition) is 1. The quantitative estimate of drug-likeness (QED) is 0.360. The summed E-state index contributed by atoms with van der Waals surface area (Å²) in [6, 6.07) is 9.05. The molecule has 0 spiro atoms. The molecule has 1 aliphatic rings. The van der Waals surface area contributed by atoms with Crippen molar-refractivity contribution in [2.75, 3.05) is 23.3 Å². The highest BCUT2D eigenvalue weighted by atomic mass is 19.1. The zero-order valence-corrected chi connectivity index (χ0v) is 20.1. The third-order valence-electron chi connectivity index (χ3n) is 6.49. The van der Waals surface area contributed by atoms with Crippen LogP contribution >= 0.6 is 0 Å². The van der Waals surface area contributed by atoms with Crippen molar-refractivity contribution in [3.63, 3.8) is 0 Å². The molecule has 0 saturated carbocycles. The fraction of sp³-hybridized carbons (Fsp3) is 0.269. The Hall–Kier alpha value is -4.34. The average Bonchev–Trinajstić information content (AvgIpc) is 3.28. The first-order valence-corrected chi connectivity index (χ1v) is 11.9. The lowest BCUT2D eigenvalue weighted by Gasteiger charge is -2.27. The van der Waals surface area contributed by atoms with Crippen LogP contribution in [0.3, 0.4) is 0 Å². The zero-order valence-electron chi connectivity index (χ0n) is 20.1. The van der Waals surface area contributed by atoms with Gasteiger partial charge in [-0.25, -0.2) is 29.3 Å². The van der Waals surface area contributed by atoms with E-state index in [1.54, 1.807) is 37.6 Å². The first-order chi connectivity index (χ1) is 17.6. The molecule has 0 aliphatic carbocycles. The number of ether oxygens (including phenoxy) is 1. The summed E-state index contributed by atoms with van der Waals surface area (Å²) in [7, 11) is 1.87. The number of imidazole rings is 1. The number of pyridine rings is 2. The molecule has 0 bridgehead atoms. The van der Waals surface area contributed by atoms with Gasteiger partial charge in [0.15, 0.2) is 17.3 Å². The molecule has 4 aromatic heterocycles. The average molecular weight is 485 g/mol. The minimum Gasteiger partial charge on any atom is -0.455 e. The molecule has 9 nitrogen and oxygen atoms in total. The number of anilines is 3. The molecule has 10 heteroatoms. The van der Waals surface area contributed by atoms with Crippen LogP contribution in [-0.4, -0.2) is 42.6 Å². The molecule has 0 amide bonds. The van der Waals surface area contributed by atoms with E-state index in [4.69, 9.17) is 9.72 Å². The van der Waals surface area contributed by atoms with E-state index in [1.807, 2.05) is 23.7 Å². The number of benzene rings is 1. The van der Waals surface area contributed by atoms with E-state index < -0.39 is 5.82 Å². The maximum Gasteiger partial charge on any atom is 0.160 e. The van der Waals surface area contributed by atoms with Crippen molar-refractivity contribution >= 4 is 39.5 Å². The Morgan fingerprint density at radius 3 is 2.69 bits per heavy atom. The van der Waals surface area contributed by atoms with Gasteiger partial charge in [0.05, 0.1) is 23.7 Å². The first-order valence-electron chi connectivity index (χ1n) is 11.9. The molecular weight excluding hydrogens is 459 g/mol. The molecule has 1 saturated heterocycles. The zero-order chi connectivity index (χ0) is 24.6. The van der Waals surface area contributed by atoms with Crippen LogP contribution in [0.15, 0.2) is 49.2 Å². The number of hydrogen-bond acceptors (Lipinski definition) is 8. The lowest BCUT2D eigenvalue weighted by Crippen LogP contribution is -2.30. The number of aryl methyl sites for hydroxylation is 1. The van der Waals surface area contributed by atoms with Gasteiger partial charge in [0.25, 0.3) is 0 Å². The molecule has 1 aliphatic heterocycles. The largest absolute Gasteiger partial charge is 0.455 e. The van der Waals surface area contributed by atoms with Crippen LogP contribution in [0.25, 0.3) is 22.2 Å². The van der Waals surface area contributed by atoms with E-state index in [-0.39, 0.29) is 5.69 Å². The number of rotatable bonds is 5. The second-order valence-electron chi connectivity index (χ2n) is 8.95. The summed E-state index contributed by atoms with van der Waals surface area (Å²) < 4.78 is 23.2. The topological polar surface area (TPSA) is 93.9 Å². The Labute approximate surface area is 207 Å². The maximum absolute atomic E-state index is 15.4. The Kier molecular flexibility index (Phi) is 5.55. The molecule has 1 fully saturated rings. The second kappa shape index (κ2) is 9.03. The van der Waals surface area contributed by atoms with E-state index in [9.17, 15) is 0 Å². The van der Waals surface area contributed by atoms with Gasteiger partial charge in [0.2, 0.25) is 0 Å². The molecule has 5 heterocycles. The summed E-state index contributed by atoms with van der Waals surface area (Å²) in [6.07, 6.45) is 8.30. The number of halogens is 1. The van der Waals surface area contributed by atoms with Gasteiger partial charge < -0.3 is 19.5 Å². The summed E-state index contributed by atoms with van der Waals surface area (Å²) in [5, 5.41) is 3.12. The highest BCUT2D eigenvalue weighted by Gasteiger charge is 2.17. The molecule has 0 unspecified atom stereocenters. The predicted molar refractivity (Wildman–Crippen MR) is 136 cm³/mol. The molecule has 182 valence electrons. The molecule has 1 aromatic carbocycles. The van der Waals surface area contributed by atoms with E-state index in [1.165, 1.54) is 12.7 Å². The van der Waals surface area contributed by atoms with E-state index in [0.717, 1.165) is 37.4 Å². The van der Waals surface area contributed by atoms with Crippen LogP contribution in [0.2, 0.25) is 0 Å². The Balaban J connectivity index is 1.28. The third-order valence-corrected chi connectivity index (χ3v) is 6.49. The van der Waals surface area contributed by atoms with Gasteiger partial charge in [0.1, 0.15) is 34.7 Å². The summed E-state index contributed by atoms with van der Waals surface area (Å²) in [5.41, 5.74) is 3.40. The van der Waals surface area contributed by atoms with Crippen molar-refractivity contribution in [2.45, 2.75) is 26.2 Å². The van der Waals surface area contributed by atoms with Gasteiger partial charge in [-0.2, -0.15) is 0 Å². The lowest BCUT2D eigenvalue weighted by molar-refractivity contribution is 0.470. The Bertz CT molecular complexity index is 1580. The second-order valence-corrected chi connectivity index (χ2v) is 8.95. The van der Waals surface area contributed by atoms with Crippen molar-refractivity contribution in [2.24, 2.45) is 7.05 Å². The predicted octanol–water partition coefficient (Wildman–Crippen LogP) is 5.28. The molecule has 5 aromatic rings. The fourth-order valence-electron chi connectivity index (χ4n) is 4.50. The fourth-order valence-corrected chi connectivity index (χ4v) is 4.50. The highest BCUT2D eigenvalue weighted by molar-refractivity contribution is 5.88. The van der Waals surface area contributed by atoms with Crippen LogP contribution in [0.5, 0.6) is 11.5 Å². The summed E-state index contributed by atoms with van der Waals surface area (Å²) in [4.78, 5) is 24.5. The van der Waals surface area contributed by atoms with Crippen molar-refractivity contribution < 1.29 is 9.13 Å². The highest BCUT2D eigenvalue weighted by Crippen LogP contribution is 2.33. The van der Waals surface area contributed by atoms with Crippen molar-refractivity contribution in [3.8, 4) is 11.5 Å². The van der Waals surface area contributed by atoms with Gasteiger partial charge in [-0.15, -0.1) is 0 Å². The smallest absolute Gasteiger partial charge is 0.160 e. The van der Waals surface area contributed by atoms with Gasteiger partial charge in [0, 0.05) is 31.8 Å². The molecule has 0 atom stereocenters. The van der Waals surface area contributed by atoms with E-state index in [2.05, 4.69) is 30.2 Å². The van der Waals surface area contributed by atoms with E-state index in [0.29, 0.717) is 39.4 Å². The SMILES string of the molecule is Cc1c(Oc2cnc3c(c2)ncn3C)ccc(Nc2ncnc3ccc(N4CCCCC4)nc23)c1F. The van der Waals surface area contributed by atoms with Crippen LogP contribution in [0.4, 0.5) is 21.7 Å². The monoisotopic (exact) mass is 484 g/mol. The lowest BCUT2D eigenvalue weighted by atomic mass is 10.1. The van der Waals surface area contributed by atoms with Crippen LogP contribution < -0.4 is 15.0 Å². The number of fused-ring (bicyclic) bond motifs is 2. The standard InChI is InChI=1S/C26H25FN8O/c1-16-21(36-17-12-20-26(28-13-17)34(2)15-31-20)8-6-18(23(16)27)32-25-24-19(29-14-30-25)7-9-22(33-24)35-10-4-3-5-11-35/h6-9,12-15H,3-5,10-11H2,1-2H3,(H,29,30,32). The molecule has 1 N–H and O–H groups in total. The van der Waals surface area contributed by atoms with Crippen LogP contribution in [0.1, 0.15) is 24.8 Å². The summed E-state index contributed by atoms with van der Waals surface area (Å²) in [6.45, 7) is 3.63. The Morgan fingerprint density at radius 1 is 0.972 bits per heavy atom. The van der Waals surface area contributed by atoms with Crippen LogP contribution in [-0.2, 0) is 7.05 Å². The Morgan fingerprint density at radius 2 is 1.83 bits per heavy atom. The van der Waals surface area contributed by atoms with Crippen molar-refractivity contribution in [3.05, 3.63) is 60.6 Å². The van der Waals surface area contributed by atoms with Crippen molar-refractivity contribution in [1.29, 1.82) is 0 Å². The van der Waals surface area contributed by atoms with E-state index >= 15 is 4.39 Å². The van der Waals surface area contributed by atoms with Crippen molar-refractivity contribution in [1.82, 2.24) is 29.5 Å². The molecule has 36 heavy (non-hydrogen) atoms. The first kappa shape index (κ1) is 22.1. The molecule has 0 radical (unpaired) electrons. The minimum absolute atomic E-state index is 0.281. The van der Waals surface area contributed by atoms with Gasteiger partial charge in [-0.3, -0.25) is 0 Å². The number of nitrogens with zero attached hydrogens (tertiary/aromatic N) is 7. The van der Waals surface area contributed by atoms with Crippen LogP contribution in [0, 0.1) is 12.7 Å². The minimum atomic E-state index is -0.432.